The molecule has 1 saturated heterocycles. The summed E-state index contributed by atoms with van der Waals surface area (Å²) in [7, 11) is 0. The van der Waals surface area contributed by atoms with Crippen LogP contribution in [-0.4, -0.2) is 58.2 Å². The average Bonchev–Trinajstić information content (AvgIpc) is 3.20. The second-order valence-corrected chi connectivity index (χ2v) is 10.2. The number of anilines is 2. The molecule has 10 heteroatoms. The molecule has 1 aromatic carbocycles. The van der Waals surface area contributed by atoms with Crippen LogP contribution in [0.1, 0.15) is 38.2 Å². The van der Waals surface area contributed by atoms with E-state index in [-0.39, 0.29) is 12.0 Å². The zero-order valence-electron chi connectivity index (χ0n) is 20.3. The number of hydrogen-bond donors (Lipinski definition) is 1. The highest BCUT2D eigenvalue weighted by Crippen LogP contribution is 2.33. The third-order valence-electron chi connectivity index (χ3n) is 5.78. The van der Waals surface area contributed by atoms with E-state index in [1.807, 2.05) is 50.5 Å². The monoisotopic (exact) mass is 517 g/mol. The van der Waals surface area contributed by atoms with E-state index in [1.54, 1.807) is 23.2 Å². The standard InChI is InChI=1S/C25H29Cl2N5O3/c1-5-32-19-8-7-18(26)22(27)17(19)14-20(32)23(33)29-16-6-9-21(28-15-16)30-10-12-31(13-11-30)24(34)35-25(2,3)4/h6-9,14-15H,5,10-13H2,1-4H3,(H,29,33). The number of aromatic nitrogens is 2. The number of carbonyl (C=O) groups is 2. The van der Waals surface area contributed by atoms with Crippen molar-refractivity contribution >= 4 is 57.6 Å². The van der Waals surface area contributed by atoms with Gasteiger partial charge in [0.25, 0.3) is 5.91 Å². The molecule has 0 saturated carbocycles. The van der Waals surface area contributed by atoms with E-state index in [2.05, 4.69) is 15.2 Å². The molecule has 1 aliphatic heterocycles. The second-order valence-electron chi connectivity index (χ2n) is 9.38. The summed E-state index contributed by atoms with van der Waals surface area (Å²) in [5.74, 6) is 0.534. The van der Waals surface area contributed by atoms with Crippen molar-refractivity contribution in [3.8, 4) is 0 Å². The summed E-state index contributed by atoms with van der Waals surface area (Å²) >= 11 is 12.5. The maximum atomic E-state index is 13.0. The van der Waals surface area contributed by atoms with Crippen molar-refractivity contribution in [3.05, 3.63) is 52.3 Å². The fourth-order valence-corrected chi connectivity index (χ4v) is 4.47. The molecule has 0 aliphatic carbocycles. The van der Waals surface area contributed by atoms with Crippen LogP contribution in [0.2, 0.25) is 10.0 Å². The molecule has 186 valence electrons. The number of fused-ring (bicyclic) bond motifs is 1. The van der Waals surface area contributed by atoms with E-state index in [0.717, 1.165) is 16.7 Å². The number of carbonyl (C=O) groups excluding carboxylic acids is 2. The van der Waals surface area contributed by atoms with Gasteiger partial charge in [-0.25, -0.2) is 9.78 Å². The molecule has 0 unspecified atom stereocenters. The van der Waals surface area contributed by atoms with Crippen LogP contribution in [0.25, 0.3) is 10.9 Å². The number of ether oxygens (including phenoxy) is 1. The lowest BCUT2D eigenvalue weighted by atomic mass is 10.2. The van der Waals surface area contributed by atoms with E-state index in [0.29, 0.717) is 54.2 Å². The van der Waals surface area contributed by atoms with Crippen LogP contribution in [0.4, 0.5) is 16.3 Å². The van der Waals surface area contributed by atoms with Gasteiger partial charge in [0.05, 0.1) is 27.4 Å². The quantitative estimate of drug-likeness (QED) is 0.481. The average molecular weight is 518 g/mol. The predicted octanol–water partition coefficient (Wildman–Crippen LogP) is 5.67. The minimum Gasteiger partial charge on any atom is -0.444 e. The Labute approximate surface area is 214 Å². The fourth-order valence-electron chi connectivity index (χ4n) is 4.09. The Hall–Kier alpha value is -2.97. The van der Waals surface area contributed by atoms with Crippen molar-refractivity contribution in [1.29, 1.82) is 0 Å². The van der Waals surface area contributed by atoms with Gasteiger partial charge in [-0.2, -0.15) is 0 Å². The Balaban J connectivity index is 1.41. The first-order valence-corrected chi connectivity index (χ1v) is 12.3. The normalized spacial score (nSPS) is 14.3. The second kappa shape index (κ2) is 9.95. The molecule has 0 atom stereocenters. The van der Waals surface area contributed by atoms with E-state index in [1.165, 1.54) is 0 Å². The number of nitrogens with one attached hydrogen (secondary N) is 1. The maximum Gasteiger partial charge on any atom is 0.410 e. The molecule has 3 aromatic rings. The van der Waals surface area contributed by atoms with E-state index in [9.17, 15) is 9.59 Å². The van der Waals surface area contributed by atoms with Crippen molar-refractivity contribution in [2.45, 2.75) is 39.8 Å². The van der Waals surface area contributed by atoms with E-state index in [4.69, 9.17) is 27.9 Å². The molecule has 2 amide bonds. The van der Waals surface area contributed by atoms with E-state index >= 15 is 0 Å². The van der Waals surface area contributed by atoms with Crippen LogP contribution in [0.3, 0.4) is 0 Å². The minimum absolute atomic E-state index is 0.254. The zero-order valence-corrected chi connectivity index (χ0v) is 21.8. The number of rotatable bonds is 4. The predicted molar refractivity (Wildman–Crippen MR) is 140 cm³/mol. The van der Waals surface area contributed by atoms with Crippen molar-refractivity contribution in [2.24, 2.45) is 0 Å². The summed E-state index contributed by atoms with van der Waals surface area (Å²) in [4.78, 5) is 33.7. The summed E-state index contributed by atoms with van der Waals surface area (Å²) < 4.78 is 7.35. The largest absolute Gasteiger partial charge is 0.444 e. The molecule has 1 N–H and O–H groups in total. The Morgan fingerprint density at radius 2 is 1.80 bits per heavy atom. The van der Waals surface area contributed by atoms with Crippen LogP contribution in [0.15, 0.2) is 36.5 Å². The highest BCUT2D eigenvalue weighted by molar-refractivity contribution is 6.45. The van der Waals surface area contributed by atoms with Gasteiger partial charge >= 0.3 is 6.09 Å². The molecule has 1 fully saturated rings. The minimum atomic E-state index is -0.513. The Bertz CT molecular complexity index is 1240. The van der Waals surface area contributed by atoms with Gasteiger partial charge < -0.3 is 24.4 Å². The zero-order chi connectivity index (χ0) is 25.3. The first-order chi connectivity index (χ1) is 16.6. The first-order valence-electron chi connectivity index (χ1n) is 11.5. The molecule has 3 heterocycles. The molecule has 2 aromatic heterocycles. The Morgan fingerprint density at radius 1 is 1.09 bits per heavy atom. The van der Waals surface area contributed by atoms with Gasteiger partial charge in [0, 0.05) is 38.1 Å². The molecule has 8 nitrogen and oxygen atoms in total. The number of nitrogens with zero attached hydrogens (tertiary/aromatic N) is 4. The molecule has 0 spiro atoms. The summed E-state index contributed by atoms with van der Waals surface area (Å²) in [6.07, 6.45) is 1.34. The number of piperazine rings is 1. The van der Waals surface area contributed by atoms with Crippen LogP contribution >= 0.6 is 23.2 Å². The number of amides is 2. The molecular weight excluding hydrogens is 489 g/mol. The summed E-state index contributed by atoms with van der Waals surface area (Å²) in [6, 6.07) is 9.04. The highest BCUT2D eigenvalue weighted by Gasteiger charge is 2.26. The topological polar surface area (TPSA) is 79.7 Å². The third-order valence-corrected chi connectivity index (χ3v) is 6.60. The summed E-state index contributed by atoms with van der Waals surface area (Å²) in [6.45, 7) is 10.6. The SMILES string of the molecule is CCn1c(C(=O)Nc2ccc(N3CCN(C(=O)OC(C)(C)C)CC3)nc2)cc2c(Cl)c(Cl)ccc21. The molecule has 1 aliphatic rings. The molecular formula is C25H29Cl2N5O3. The van der Waals surface area contributed by atoms with E-state index < -0.39 is 5.60 Å². The first kappa shape index (κ1) is 25.1. The van der Waals surface area contributed by atoms with Crippen molar-refractivity contribution in [1.82, 2.24) is 14.5 Å². The maximum absolute atomic E-state index is 13.0. The number of benzene rings is 1. The molecule has 0 radical (unpaired) electrons. The molecule has 35 heavy (non-hydrogen) atoms. The Kier molecular flexibility index (Phi) is 7.15. The molecule has 0 bridgehead atoms. The smallest absolute Gasteiger partial charge is 0.410 e. The van der Waals surface area contributed by atoms with Crippen LogP contribution < -0.4 is 10.2 Å². The van der Waals surface area contributed by atoms with Crippen molar-refractivity contribution in [2.75, 3.05) is 36.4 Å². The van der Waals surface area contributed by atoms with Gasteiger partial charge in [0.1, 0.15) is 17.1 Å². The highest BCUT2D eigenvalue weighted by atomic mass is 35.5. The molecule has 4 rings (SSSR count). The van der Waals surface area contributed by atoms with Gasteiger partial charge in [-0.05, 0) is 58.0 Å². The number of pyridine rings is 1. The van der Waals surface area contributed by atoms with Gasteiger partial charge in [-0.15, -0.1) is 0 Å². The number of aryl methyl sites for hydroxylation is 1. The number of hydrogen-bond acceptors (Lipinski definition) is 5. The lowest BCUT2D eigenvalue weighted by Crippen LogP contribution is -2.50. The number of halogens is 2. The van der Waals surface area contributed by atoms with Crippen LogP contribution in [0, 0.1) is 0 Å². The van der Waals surface area contributed by atoms with Crippen LogP contribution in [0.5, 0.6) is 0 Å². The Morgan fingerprint density at radius 3 is 2.40 bits per heavy atom. The van der Waals surface area contributed by atoms with Crippen molar-refractivity contribution < 1.29 is 14.3 Å². The fraction of sp³-hybridized carbons (Fsp3) is 0.400. The lowest BCUT2D eigenvalue weighted by molar-refractivity contribution is 0.0240. The lowest BCUT2D eigenvalue weighted by Gasteiger charge is -2.36. The van der Waals surface area contributed by atoms with Gasteiger partial charge in [0.15, 0.2) is 0 Å². The summed E-state index contributed by atoms with van der Waals surface area (Å²) in [5.41, 5.74) is 1.42. The van der Waals surface area contributed by atoms with Gasteiger partial charge in [-0.3, -0.25) is 4.79 Å². The van der Waals surface area contributed by atoms with Gasteiger partial charge in [-0.1, -0.05) is 23.2 Å². The van der Waals surface area contributed by atoms with Crippen molar-refractivity contribution in [3.63, 3.8) is 0 Å². The third kappa shape index (κ3) is 5.49. The van der Waals surface area contributed by atoms with Gasteiger partial charge in [0.2, 0.25) is 0 Å². The summed E-state index contributed by atoms with van der Waals surface area (Å²) in [5, 5.41) is 4.54. The van der Waals surface area contributed by atoms with Crippen LogP contribution in [-0.2, 0) is 11.3 Å².